The van der Waals surface area contributed by atoms with Gasteiger partial charge in [-0.2, -0.15) is 0 Å². The molecule has 0 spiro atoms. The molecule has 100 valence electrons. The third kappa shape index (κ3) is 5.97. The molecule has 0 fully saturated rings. The van der Waals surface area contributed by atoms with Crippen molar-refractivity contribution in [3.8, 4) is 0 Å². The van der Waals surface area contributed by atoms with E-state index < -0.39 is 14.8 Å². The monoisotopic (exact) mass is 262 g/mol. The standard InChI is InChI=1S/C11H22O5Si/c1-10(11(12)13)8-6-5-7-9-17(14-2,15-3)16-4/h8H,5-7,9H2,1-4H3,(H,12,13). The van der Waals surface area contributed by atoms with Crippen LogP contribution in [0.2, 0.25) is 6.04 Å². The molecule has 0 bridgehead atoms. The molecule has 1 N–H and O–H groups in total. The topological polar surface area (TPSA) is 65.0 Å². The van der Waals surface area contributed by atoms with Gasteiger partial charge in [0.25, 0.3) is 0 Å². The second-order valence-corrected chi connectivity index (χ2v) is 6.82. The van der Waals surface area contributed by atoms with Crippen LogP contribution in [0.4, 0.5) is 0 Å². The summed E-state index contributed by atoms with van der Waals surface area (Å²) in [5, 5.41) is 8.66. The Balaban J connectivity index is 3.91. The van der Waals surface area contributed by atoms with E-state index in [1.807, 2.05) is 0 Å². The lowest BCUT2D eigenvalue weighted by molar-refractivity contribution is -0.132. The Morgan fingerprint density at radius 1 is 1.18 bits per heavy atom. The molecule has 0 amide bonds. The molecule has 0 atom stereocenters. The highest BCUT2D eigenvalue weighted by atomic mass is 28.4. The van der Waals surface area contributed by atoms with Crippen molar-refractivity contribution in [1.82, 2.24) is 0 Å². The zero-order valence-electron chi connectivity index (χ0n) is 11.0. The van der Waals surface area contributed by atoms with Crippen LogP contribution in [0.25, 0.3) is 0 Å². The molecule has 0 rings (SSSR count). The lowest BCUT2D eigenvalue weighted by Gasteiger charge is -2.24. The van der Waals surface area contributed by atoms with Gasteiger partial charge in [0.15, 0.2) is 0 Å². The van der Waals surface area contributed by atoms with Crippen molar-refractivity contribution < 1.29 is 23.2 Å². The SMILES string of the molecule is CO[Si](CCCCC=C(C)C(=O)O)(OC)OC. The van der Waals surface area contributed by atoms with E-state index in [2.05, 4.69) is 0 Å². The van der Waals surface area contributed by atoms with Crippen molar-refractivity contribution in [3.05, 3.63) is 11.6 Å². The van der Waals surface area contributed by atoms with Gasteiger partial charge < -0.3 is 18.4 Å². The second-order valence-electron chi connectivity index (χ2n) is 3.73. The Hall–Kier alpha value is -0.693. The van der Waals surface area contributed by atoms with Crippen LogP contribution in [-0.2, 0) is 18.1 Å². The van der Waals surface area contributed by atoms with Gasteiger partial charge in [0.1, 0.15) is 0 Å². The first-order valence-electron chi connectivity index (χ1n) is 5.57. The number of rotatable bonds is 9. The number of carboxylic acid groups (broad SMARTS) is 1. The number of allylic oxidation sites excluding steroid dienone is 1. The molecule has 0 saturated heterocycles. The zero-order valence-corrected chi connectivity index (χ0v) is 12.0. The van der Waals surface area contributed by atoms with Crippen molar-refractivity contribution in [3.63, 3.8) is 0 Å². The average molecular weight is 262 g/mol. The van der Waals surface area contributed by atoms with Gasteiger partial charge in [-0.1, -0.05) is 6.08 Å². The van der Waals surface area contributed by atoms with Gasteiger partial charge in [0, 0.05) is 32.9 Å². The summed E-state index contributed by atoms with van der Waals surface area (Å²) in [6, 6.07) is 0.746. The van der Waals surface area contributed by atoms with Crippen LogP contribution in [0.5, 0.6) is 0 Å². The fourth-order valence-electron chi connectivity index (χ4n) is 1.45. The highest BCUT2D eigenvalue weighted by Gasteiger charge is 2.36. The molecule has 17 heavy (non-hydrogen) atoms. The van der Waals surface area contributed by atoms with E-state index in [9.17, 15) is 4.79 Å². The van der Waals surface area contributed by atoms with Gasteiger partial charge >= 0.3 is 14.8 Å². The summed E-state index contributed by atoms with van der Waals surface area (Å²) >= 11 is 0. The molecule has 0 unspecified atom stereocenters. The predicted octanol–water partition coefficient (Wildman–Crippen LogP) is 2.07. The van der Waals surface area contributed by atoms with Crippen LogP contribution in [0.1, 0.15) is 26.2 Å². The third-order valence-corrected chi connectivity index (χ3v) is 5.49. The maximum Gasteiger partial charge on any atom is 0.500 e. The van der Waals surface area contributed by atoms with E-state index >= 15 is 0 Å². The maximum atomic E-state index is 10.5. The summed E-state index contributed by atoms with van der Waals surface area (Å²) in [7, 11) is 2.32. The molecule has 0 aliphatic rings. The average Bonchev–Trinajstić information content (AvgIpc) is 2.34. The molecule has 0 saturated carbocycles. The van der Waals surface area contributed by atoms with Crippen molar-refractivity contribution in [1.29, 1.82) is 0 Å². The van der Waals surface area contributed by atoms with Crippen LogP contribution >= 0.6 is 0 Å². The van der Waals surface area contributed by atoms with Gasteiger partial charge in [0.2, 0.25) is 0 Å². The lowest BCUT2D eigenvalue weighted by atomic mass is 10.2. The van der Waals surface area contributed by atoms with Crippen LogP contribution in [0.15, 0.2) is 11.6 Å². The van der Waals surface area contributed by atoms with Crippen LogP contribution in [0.3, 0.4) is 0 Å². The minimum absolute atomic E-state index is 0.388. The van der Waals surface area contributed by atoms with Crippen molar-refractivity contribution >= 4 is 14.8 Å². The van der Waals surface area contributed by atoms with E-state index in [0.717, 1.165) is 25.3 Å². The van der Waals surface area contributed by atoms with E-state index in [4.69, 9.17) is 18.4 Å². The highest BCUT2D eigenvalue weighted by Crippen LogP contribution is 2.17. The number of unbranched alkanes of at least 4 members (excludes halogenated alkanes) is 2. The number of carboxylic acids is 1. The minimum atomic E-state index is -2.45. The van der Waals surface area contributed by atoms with Crippen LogP contribution < -0.4 is 0 Å². The van der Waals surface area contributed by atoms with Gasteiger partial charge in [-0.25, -0.2) is 4.79 Å². The van der Waals surface area contributed by atoms with Gasteiger partial charge in [-0.05, 0) is 26.2 Å². The van der Waals surface area contributed by atoms with Gasteiger partial charge in [-0.3, -0.25) is 0 Å². The first-order valence-corrected chi connectivity index (χ1v) is 7.50. The van der Waals surface area contributed by atoms with Gasteiger partial charge in [0.05, 0.1) is 0 Å². The first kappa shape index (κ1) is 16.3. The fourth-order valence-corrected chi connectivity index (χ4v) is 3.24. The summed E-state index contributed by atoms with van der Waals surface area (Å²) in [6.07, 6.45) is 4.28. The molecule has 0 aliphatic heterocycles. The Morgan fingerprint density at radius 2 is 1.71 bits per heavy atom. The molecule has 6 heteroatoms. The van der Waals surface area contributed by atoms with Crippen LogP contribution in [0, 0.1) is 0 Å². The zero-order chi connectivity index (χ0) is 13.3. The van der Waals surface area contributed by atoms with E-state index in [1.165, 1.54) is 0 Å². The number of hydrogen-bond donors (Lipinski definition) is 1. The summed E-state index contributed by atoms with van der Waals surface area (Å²) in [4.78, 5) is 10.5. The molecule has 0 heterocycles. The summed E-state index contributed by atoms with van der Waals surface area (Å²) in [6.45, 7) is 1.60. The molecular weight excluding hydrogens is 240 g/mol. The number of aliphatic carboxylic acids is 1. The Kier molecular flexibility index (Phi) is 8.06. The molecule has 0 aromatic rings. The predicted molar refractivity (Wildman–Crippen MR) is 66.8 cm³/mol. The Morgan fingerprint density at radius 3 is 2.12 bits per heavy atom. The normalized spacial score (nSPS) is 12.8. The Labute approximate surface area is 104 Å². The molecule has 0 aromatic carbocycles. The molecule has 0 aromatic heterocycles. The van der Waals surface area contributed by atoms with Crippen molar-refractivity contribution in [2.45, 2.75) is 32.2 Å². The molecule has 0 radical (unpaired) electrons. The summed E-state index contributed by atoms with van der Waals surface area (Å²) in [5.41, 5.74) is 0.388. The van der Waals surface area contributed by atoms with Crippen LogP contribution in [-0.4, -0.2) is 41.2 Å². The van der Waals surface area contributed by atoms with E-state index in [0.29, 0.717) is 5.57 Å². The largest absolute Gasteiger partial charge is 0.500 e. The lowest BCUT2D eigenvalue weighted by Crippen LogP contribution is -2.42. The fraction of sp³-hybridized carbons (Fsp3) is 0.727. The number of hydrogen-bond acceptors (Lipinski definition) is 4. The summed E-state index contributed by atoms with van der Waals surface area (Å²) in [5.74, 6) is -0.862. The van der Waals surface area contributed by atoms with Gasteiger partial charge in [-0.15, -0.1) is 0 Å². The third-order valence-electron chi connectivity index (χ3n) is 2.66. The smallest absolute Gasteiger partial charge is 0.478 e. The van der Waals surface area contributed by atoms with Crippen molar-refractivity contribution in [2.24, 2.45) is 0 Å². The molecule has 5 nitrogen and oxygen atoms in total. The maximum absolute atomic E-state index is 10.5. The molecular formula is C11H22O5Si. The first-order chi connectivity index (χ1) is 8.01. The minimum Gasteiger partial charge on any atom is -0.478 e. The number of carbonyl (C=O) groups is 1. The summed E-state index contributed by atoms with van der Waals surface area (Å²) < 4.78 is 15.9. The highest BCUT2D eigenvalue weighted by molar-refractivity contribution is 6.60. The Bertz CT molecular complexity index is 252. The van der Waals surface area contributed by atoms with Crippen molar-refractivity contribution in [2.75, 3.05) is 21.3 Å². The van der Waals surface area contributed by atoms with E-state index in [-0.39, 0.29) is 0 Å². The molecule has 0 aliphatic carbocycles. The second kappa shape index (κ2) is 8.41. The quantitative estimate of drug-likeness (QED) is 0.391. The van der Waals surface area contributed by atoms with E-state index in [1.54, 1.807) is 34.3 Å².